The molecule has 1 amide bonds. The number of nitrogens with one attached hydrogen (secondary N) is 1. The molecule has 0 saturated carbocycles. The highest BCUT2D eigenvalue weighted by Gasteiger charge is 2.14. The minimum absolute atomic E-state index is 0. The van der Waals surface area contributed by atoms with Gasteiger partial charge in [-0.2, -0.15) is 0 Å². The van der Waals surface area contributed by atoms with Crippen LogP contribution in [-0.4, -0.2) is 63.0 Å². The summed E-state index contributed by atoms with van der Waals surface area (Å²) in [5.41, 5.74) is 2.77. The third-order valence-electron chi connectivity index (χ3n) is 2.60. The van der Waals surface area contributed by atoms with E-state index in [1.54, 1.807) is 0 Å². The number of likely N-dealkylation sites (N-methyl/N-ethyl adjacent to an activating group) is 1. The number of amides is 1. The first-order valence-corrected chi connectivity index (χ1v) is 5.96. The normalized spacial score (nSPS) is 17.1. The molecule has 1 N–H and O–H groups in total. The number of rotatable bonds is 4. The van der Waals surface area contributed by atoms with Crippen molar-refractivity contribution in [2.45, 2.75) is 19.3 Å². The smallest absolute Gasteiger partial charge is 0.422 e. The molecule has 0 spiro atoms. The summed E-state index contributed by atoms with van der Waals surface area (Å²) in [6, 6.07) is 0. The summed E-state index contributed by atoms with van der Waals surface area (Å²) in [5.74, 6) is 0. The molecule has 0 aliphatic carbocycles. The Hall–Kier alpha value is -0.0800. The summed E-state index contributed by atoms with van der Waals surface area (Å²) in [4.78, 5) is 11.4. The van der Waals surface area contributed by atoms with Gasteiger partial charge in [0.05, 0.1) is 21.1 Å². The molecule has 0 aromatic heterocycles. The Morgan fingerprint density at radius 1 is 1.24 bits per heavy atom. The number of hydrazine groups is 1. The first-order chi connectivity index (χ1) is 7.47. The lowest BCUT2D eigenvalue weighted by atomic mass is 10.2. The SMILES string of the molecule is C[N+](C)(C)CCOC(=O)NN1CCCCC1.[I-]. The molecule has 6 heteroatoms. The number of hydrogen-bond acceptors (Lipinski definition) is 3. The maximum absolute atomic E-state index is 11.4. The van der Waals surface area contributed by atoms with E-state index < -0.39 is 0 Å². The van der Waals surface area contributed by atoms with Crippen LogP contribution >= 0.6 is 0 Å². The average molecular weight is 357 g/mol. The van der Waals surface area contributed by atoms with E-state index in [4.69, 9.17) is 4.74 Å². The molecule has 0 aromatic carbocycles. The van der Waals surface area contributed by atoms with Gasteiger partial charge in [-0.3, -0.25) is 5.43 Å². The van der Waals surface area contributed by atoms with E-state index in [1.165, 1.54) is 6.42 Å². The number of carbonyl (C=O) groups excluding carboxylic acids is 1. The standard InChI is InChI=1S/C11H23N3O2.HI/c1-14(2,3)9-10-16-11(15)12-13-7-5-4-6-8-13;/h4-10H2,1-3H3;1H. The van der Waals surface area contributed by atoms with E-state index in [2.05, 4.69) is 26.6 Å². The fourth-order valence-electron chi connectivity index (χ4n) is 1.58. The number of quaternary nitrogens is 1. The minimum Gasteiger partial charge on any atom is -1.00 e. The number of ether oxygens (including phenoxy) is 1. The van der Waals surface area contributed by atoms with Crippen LogP contribution in [-0.2, 0) is 4.74 Å². The number of carbonyl (C=O) groups is 1. The maximum Gasteiger partial charge on any atom is 0.422 e. The lowest BCUT2D eigenvalue weighted by molar-refractivity contribution is -0.870. The zero-order valence-electron chi connectivity index (χ0n) is 11.0. The quantitative estimate of drug-likeness (QED) is 0.460. The molecule has 0 radical (unpaired) electrons. The van der Waals surface area contributed by atoms with Gasteiger partial charge < -0.3 is 33.2 Å². The third kappa shape index (κ3) is 8.62. The van der Waals surface area contributed by atoms with Crippen molar-refractivity contribution in [3.8, 4) is 0 Å². The van der Waals surface area contributed by atoms with Crippen LogP contribution in [0.25, 0.3) is 0 Å². The van der Waals surface area contributed by atoms with Crippen molar-refractivity contribution >= 4 is 6.09 Å². The molecule has 1 saturated heterocycles. The first-order valence-electron chi connectivity index (χ1n) is 5.96. The Morgan fingerprint density at radius 2 is 1.82 bits per heavy atom. The highest BCUT2D eigenvalue weighted by atomic mass is 127. The van der Waals surface area contributed by atoms with Crippen LogP contribution in [0.1, 0.15) is 19.3 Å². The summed E-state index contributed by atoms with van der Waals surface area (Å²) >= 11 is 0. The third-order valence-corrected chi connectivity index (χ3v) is 2.60. The molecule has 0 atom stereocenters. The van der Waals surface area contributed by atoms with Gasteiger partial charge in [0.25, 0.3) is 0 Å². The van der Waals surface area contributed by atoms with Crippen LogP contribution in [0.4, 0.5) is 4.79 Å². The minimum atomic E-state index is -0.324. The van der Waals surface area contributed by atoms with Gasteiger partial charge in [-0.1, -0.05) is 6.42 Å². The molecule has 1 rings (SSSR count). The van der Waals surface area contributed by atoms with E-state index in [1.807, 2.05) is 5.01 Å². The number of nitrogens with zero attached hydrogens (tertiary/aromatic N) is 2. The van der Waals surface area contributed by atoms with Gasteiger partial charge >= 0.3 is 6.09 Å². The molecule has 1 aliphatic heterocycles. The second-order valence-electron chi connectivity index (χ2n) is 5.31. The Morgan fingerprint density at radius 3 is 2.35 bits per heavy atom. The van der Waals surface area contributed by atoms with Crippen molar-refractivity contribution < 1.29 is 38.0 Å². The molecule has 0 bridgehead atoms. The zero-order valence-corrected chi connectivity index (χ0v) is 13.2. The van der Waals surface area contributed by atoms with Gasteiger partial charge in [0.1, 0.15) is 13.2 Å². The van der Waals surface area contributed by atoms with Crippen LogP contribution in [0.5, 0.6) is 0 Å². The Balaban J connectivity index is 0.00000256. The van der Waals surface area contributed by atoms with Gasteiger partial charge in [0.2, 0.25) is 0 Å². The predicted octanol–water partition coefficient (Wildman–Crippen LogP) is -2.18. The van der Waals surface area contributed by atoms with E-state index in [0.29, 0.717) is 6.61 Å². The van der Waals surface area contributed by atoms with Gasteiger partial charge in [-0.15, -0.1) is 0 Å². The lowest BCUT2D eigenvalue weighted by Gasteiger charge is -2.27. The monoisotopic (exact) mass is 357 g/mol. The summed E-state index contributed by atoms with van der Waals surface area (Å²) < 4.78 is 5.92. The summed E-state index contributed by atoms with van der Waals surface area (Å²) in [5, 5.41) is 1.94. The molecule has 5 nitrogen and oxygen atoms in total. The summed E-state index contributed by atoms with van der Waals surface area (Å²) in [6.45, 7) is 3.16. The van der Waals surface area contributed by atoms with Crippen LogP contribution in [0.15, 0.2) is 0 Å². The van der Waals surface area contributed by atoms with Crippen molar-refractivity contribution in [3.05, 3.63) is 0 Å². The molecule has 0 aromatic rings. The van der Waals surface area contributed by atoms with E-state index in [0.717, 1.165) is 37.0 Å². The average Bonchev–Trinajstić information content (AvgIpc) is 2.17. The van der Waals surface area contributed by atoms with Gasteiger partial charge in [-0.25, -0.2) is 9.80 Å². The molecule has 1 heterocycles. The molecule has 1 aliphatic rings. The fraction of sp³-hybridized carbons (Fsp3) is 0.909. The largest absolute Gasteiger partial charge is 1.00 e. The second-order valence-corrected chi connectivity index (χ2v) is 5.31. The fourth-order valence-corrected chi connectivity index (χ4v) is 1.58. The lowest BCUT2D eigenvalue weighted by Crippen LogP contribution is -3.00. The zero-order chi connectivity index (χ0) is 12.0. The van der Waals surface area contributed by atoms with E-state index in [-0.39, 0.29) is 30.1 Å². The van der Waals surface area contributed by atoms with Crippen LogP contribution in [0.3, 0.4) is 0 Å². The number of hydrogen-bond donors (Lipinski definition) is 1. The molecule has 1 fully saturated rings. The highest BCUT2D eigenvalue weighted by molar-refractivity contribution is 5.66. The van der Waals surface area contributed by atoms with Crippen molar-refractivity contribution in [2.75, 3.05) is 47.4 Å². The topological polar surface area (TPSA) is 41.6 Å². The Labute approximate surface area is 121 Å². The van der Waals surface area contributed by atoms with Crippen molar-refractivity contribution in [1.29, 1.82) is 0 Å². The van der Waals surface area contributed by atoms with Gasteiger partial charge in [0.15, 0.2) is 0 Å². The van der Waals surface area contributed by atoms with Crippen LogP contribution in [0, 0.1) is 0 Å². The molecule has 0 unspecified atom stereocenters. The Bertz CT molecular complexity index is 225. The summed E-state index contributed by atoms with van der Waals surface area (Å²) in [6.07, 6.45) is 3.24. The number of halogens is 1. The van der Waals surface area contributed by atoms with Crippen molar-refractivity contribution in [1.82, 2.24) is 10.4 Å². The second kappa shape index (κ2) is 8.10. The number of piperidine rings is 1. The summed E-state index contributed by atoms with van der Waals surface area (Å²) in [7, 11) is 6.23. The Kier molecular flexibility index (Phi) is 8.06. The molecule has 102 valence electrons. The van der Waals surface area contributed by atoms with Crippen LogP contribution in [0.2, 0.25) is 0 Å². The first kappa shape index (κ1) is 16.9. The molecular weight excluding hydrogens is 333 g/mol. The molecule has 17 heavy (non-hydrogen) atoms. The van der Waals surface area contributed by atoms with Crippen molar-refractivity contribution in [2.24, 2.45) is 0 Å². The van der Waals surface area contributed by atoms with E-state index in [9.17, 15) is 4.79 Å². The van der Waals surface area contributed by atoms with Crippen LogP contribution < -0.4 is 29.4 Å². The van der Waals surface area contributed by atoms with E-state index >= 15 is 0 Å². The maximum atomic E-state index is 11.4. The van der Waals surface area contributed by atoms with Gasteiger partial charge in [-0.05, 0) is 12.8 Å². The van der Waals surface area contributed by atoms with Crippen molar-refractivity contribution in [3.63, 3.8) is 0 Å². The predicted molar refractivity (Wildman–Crippen MR) is 62.8 cm³/mol. The van der Waals surface area contributed by atoms with Gasteiger partial charge in [0, 0.05) is 13.1 Å². The highest BCUT2D eigenvalue weighted by Crippen LogP contribution is 2.05. The molecular formula is C11H24IN3O2.